The molecule has 1 heterocycles. The molecule has 0 radical (unpaired) electrons. The minimum atomic E-state index is -4.50. The Morgan fingerprint density at radius 3 is 2.58 bits per heavy atom. The summed E-state index contributed by atoms with van der Waals surface area (Å²) >= 11 is 6.36. The maximum Gasteiger partial charge on any atom is 0.416 e. The van der Waals surface area contributed by atoms with E-state index in [9.17, 15) is 22.8 Å². The molecule has 1 N–H and O–H groups in total. The van der Waals surface area contributed by atoms with Gasteiger partial charge in [0.15, 0.2) is 0 Å². The molecule has 0 spiro atoms. The van der Waals surface area contributed by atoms with Gasteiger partial charge in [-0.2, -0.15) is 13.2 Å². The zero-order valence-corrected chi connectivity index (χ0v) is 17.7. The number of rotatable bonds is 6. The van der Waals surface area contributed by atoms with Gasteiger partial charge in [-0.15, -0.1) is 0 Å². The van der Waals surface area contributed by atoms with Gasteiger partial charge in [-0.25, -0.2) is 0 Å². The summed E-state index contributed by atoms with van der Waals surface area (Å²) in [4.78, 5) is 26.4. The van der Waals surface area contributed by atoms with Gasteiger partial charge in [-0.3, -0.25) is 14.5 Å². The molecular formula is C22H17F3N2O2S2. The van der Waals surface area contributed by atoms with E-state index in [1.54, 1.807) is 12.2 Å². The summed E-state index contributed by atoms with van der Waals surface area (Å²) in [5.74, 6) is -0.819. The lowest BCUT2D eigenvalue weighted by molar-refractivity contribution is -0.137. The monoisotopic (exact) mass is 462 g/mol. The van der Waals surface area contributed by atoms with Gasteiger partial charge in [0.05, 0.1) is 10.5 Å². The summed E-state index contributed by atoms with van der Waals surface area (Å²) < 4.78 is 38.7. The lowest BCUT2D eigenvalue weighted by Crippen LogP contribution is -2.31. The average molecular weight is 463 g/mol. The zero-order chi connectivity index (χ0) is 22.4. The summed E-state index contributed by atoms with van der Waals surface area (Å²) in [6, 6.07) is 14.0. The molecule has 0 atom stereocenters. The number of nitrogens with one attached hydrogen (secondary N) is 1. The highest BCUT2D eigenvalue weighted by atomic mass is 32.2. The molecule has 1 fully saturated rings. The van der Waals surface area contributed by atoms with Crippen LogP contribution >= 0.6 is 24.0 Å². The second-order valence-electron chi connectivity index (χ2n) is 6.50. The van der Waals surface area contributed by atoms with Crippen LogP contribution in [0.4, 0.5) is 18.9 Å². The van der Waals surface area contributed by atoms with Crippen LogP contribution in [0, 0.1) is 0 Å². The number of allylic oxidation sites excluding steroid dienone is 2. The van der Waals surface area contributed by atoms with E-state index >= 15 is 0 Å². The molecule has 9 heteroatoms. The number of alkyl halides is 3. The molecule has 0 saturated carbocycles. The van der Waals surface area contributed by atoms with Gasteiger partial charge in [0.2, 0.25) is 5.91 Å². The van der Waals surface area contributed by atoms with E-state index in [-0.39, 0.29) is 24.6 Å². The molecule has 0 aromatic heterocycles. The fourth-order valence-electron chi connectivity index (χ4n) is 2.73. The molecule has 2 aromatic rings. The number of anilines is 1. The first-order valence-electron chi connectivity index (χ1n) is 9.18. The summed E-state index contributed by atoms with van der Waals surface area (Å²) in [6.45, 7) is 0.0369. The Morgan fingerprint density at radius 1 is 1.13 bits per heavy atom. The minimum Gasteiger partial charge on any atom is -0.326 e. The zero-order valence-electron chi connectivity index (χ0n) is 16.1. The Balaban J connectivity index is 1.56. The van der Waals surface area contributed by atoms with Crippen molar-refractivity contribution in [2.75, 3.05) is 11.9 Å². The standard InChI is InChI=1S/C22H17F3N2O2S2/c23-22(24,25)16-9-5-10-17(14-16)26-19(28)12-13-27-20(29)18(31-21(27)30)11-4-8-15-6-2-1-3-7-15/h1-11,14H,12-13H2,(H,26,28). The molecular weight excluding hydrogens is 445 g/mol. The van der Waals surface area contributed by atoms with E-state index in [1.807, 2.05) is 36.4 Å². The summed E-state index contributed by atoms with van der Waals surface area (Å²) in [5.41, 5.74) is 0.174. The van der Waals surface area contributed by atoms with Crippen LogP contribution in [-0.4, -0.2) is 27.6 Å². The van der Waals surface area contributed by atoms with Crippen LogP contribution in [0.5, 0.6) is 0 Å². The van der Waals surface area contributed by atoms with Crippen LogP contribution in [0.2, 0.25) is 0 Å². The summed E-state index contributed by atoms with van der Waals surface area (Å²) in [6.07, 6.45) is 0.672. The lowest BCUT2D eigenvalue weighted by Gasteiger charge is -2.14. The molecule has 1 aliphatic rings. The maximum atomic E-state index is 12.8. The lowest BCUT2D eigenvalue weighted by atomic mass is 10.2. The molecule has 0 bridgehead atoms. The first-order valence-corrected chi connectivity index (χ1v) is 10.4. The Morgan fingerprint density at radius 2 is 1.87 bits per heavy atom. The third-order valence-electron chi connectivity index (χ3n) is 4.25. The highest BCUT2D eigenvalue weighted by molar-refractivity contribution is 8.26. The fraction of sp³-hybridized carbons (Fsp3) is 0.136. The number of halogens is 3. The van der Waals surface area contributed by atoms with Gasteiger partial charge in [0.1, 0.15) is 4.32 Å². The van der Waals surface area contributed by atoms with E-state index in [0.29, 0.717) is 9.23 Å². The molecule has 1 saturated heterocycles. The highest BCUT2D eigenvalue weighted by Gasteiger charge is 2.32. The van der Waals surface area contributed by atoms with Crippen molar-refractivity contribution in [3.63, 3.8) is 0 Å². The van der Waals surface area contributed by atoms with Crippen molar-refractivity contribution in [1.29, 1.82) is 0 Å². The molecule has 2 aromatic carbocycles. The Labute approximate surface area is 186 Å². The van der Waals surface area contributed by atoms with Crippen LogP contribution in [0.15, 0.2) is 71.7 Å². The topological polar surface area (TPSA) is 49.4 Å². The Bertz CT molecular complexity index is 1050. The van der Waals surface area contributed by atoms with Crippen LogP contribution < -0.4 is 5.32 Å². The largest absolute Gasteiger partial charge is 0.416 e. The number of hydrogen-bond donors (Lipinski definition) is 1. The second kappa shape index (κ2) is 9.93. The molecule has 0 aliphatic carbocycles. The van der Waals surface area contributed by atoms with E-state index in [4.69, 9.17) is 12.2 Å². The van der Waals surface area contributed by atoms with Crippen LogP contribution in [0.25, 0.3) is 6.08 Å². The van der Waals surface area contributed by atoms with Crippen LogP contribution in [-0.2, 0) is 15.8 Å². The number of thioether (sulfide) groups is 1. The van der Waals surface area contributed by atoms with Crippen molar-refractivity contribution >= 4 is 51.9 Å². The predicted molar refractivity (Wildman–Crippen MR) is 120 cm³/mol. The minimum absolute atomic E-state index is 0.0369. The van der Waals surface area contributed by atoms with Crippen molar-refractivity contribution in [2.24, 2.45) is 0 Å². The van der Waals surface area contributed by atoms with Crippen LogP contribution in [0.1, 0.15) is 17.5 Å². The van der Waals surface area contributed by atoms with E-state index in [0.717, 1.165) is 29.5 Å². The van der Waals surface area contributed by atoms with Crippen LogP contribution in [0.3, 0.4) is 0 Å². The normalized spacial score (nSPS) is 15.8. The first-order chi connectivity index (χ1) is 14.7. The summed E-state index contributed by atoms with van der Waals surface area (Å²) in [7, 11) is 0. The predicted octanol–water partition coefficient (Wildman–Crippen LogP) is 5.49. The fourth-order valence-corrected chi connectivity index (χ4v) is 3.99. The second-order valence-corrected chi connectivity index (χ2v) is 8.18. The van der Waals surface area contributed by atoms with Crippen molar-refractivity contribution in [3.05, 3.63) is 82.8 Å². The highest BCUT2D eigenvalue weighted by Crippen LogP contribution is 2.32. The third-order valence-corrected chi connectivity index (χ3v) is 5.64. The molecule has 2 amide bonds. The molecule has 4 nitrogen and oxygen atoms in total. The number of thiocarbonyl (C=S) groups is 1. The Kier molecular flexibility index (Phi) is 7.29. The summed E-state index contributed by atoms with van der Waals surface area (Å²) in [5, 5.41) is 2.42. The number of benzene rings is 2. The van der Waals surface area contributed by atoms with Crippen molar-refractivity contribution in [3.8, 4) is 0 Å². The number of amides is 2. The van der Waals surface area contributed by atoms with Gasteiger partial charge < -0.3 is 5.32 Å². The Hall–Kier alpha value is -2.91. The quantitative estimate of drug-likeness (QED) is 0.456. The van der Waals surface area contributed by atoms with Crippen molar-refractivity contribution < 1.29 is 22.8 Å². The number of nitrogens with zero attached hydrogens (tertiary/aromatic N) is 1. The number of hydrogen-bond acceptors (Lipinski definition) is 4. The molecule has 31 heavy (non-hydrogen) atoms. The van der Waals surface area contributed by atoms with Gasteiger partial charge in [0, 0.05) is 18.7 Å². The van der Waals surface area contributed by atoms with E-state index < -0.39 is 17.6 Å². The third kappa shape index (κ3) is 6.28. The molecule has 0 unspecified atom stereocenters. The van der Waals surface area contributed by atoms with E-state index in [2.05, 4.69) is 5.32 Å². The molecule has 1 aliphatic heterocycles. The van der Waals surface area contributed by atoms with Crippen molar-refractivity contribution in [1.82, 2.24) is 4.90 Å². The maximum absolute atomic E-state index is 12.8. The van der Waals surface area contributed by atoms with Gasteiger partial charge in [0.25, 0.3) is 5.91 Å². The van der Waals surface area contributed by atoms with Gasteiger partial charge in [-0.05, 0) is 29.8 Å². The molecule has 3 rings (SSSR count). The first kappa shape index (κ1) is 22.8. The number of carbonyl (C=O) groups is 2. The smallest absolute Gasteiger partial charge is 0.326 e. The number of carbonyl (C=O) groups excluding carboxylic acids is 2. The SMILES string of the molecule is O=C(CCN1C(=O)C(=CC=Cc2ccccc2)SC1=S)Nc1cccc(C(F)(F)F)c1. The van der Waals surface area contributed by atoms with Gasteiger partial charge >= 0.3 is 6.18 Å². The van der Waals surface area contributed by atoms with E-state index in [1.165, 1.54) is 17.0 Å². The van der Waals surface area contributed by atoms with Crippen molar-refractivity contribution in [2.45, 2.75) is 12.6 Å². The average Bonchev–Trinajstić information content (AvgIpc) is 2.99. The van der Waals surface area contributed by atoms with Gasteiger partial charge in [-0.1, -0.05) is 72.5 Å². The molecule has 160 valence electrons.